The number of phenolic OH excluding ortho intramolecular Hbond substituents is 1. The molecule has 3 N–H and O–H groups in total. The van der Waals surface area contributed by atoms with Gasteiger partial charge in [0.2, 0.25) is 0 Å². The highest BCUT2D eigenvalue weighted by atomic mass is 19.4. The molecular weight excluding hydrogens is 227 g/mol. The Balaban J connectivity index is 3.39. The lowest BCUT2D eigenvalue weighted by Gasteiger charge is -2.11. The fourth-order valence-electron chi connectivity index (χ4n) is 1.09. The van der Waals surface area contributed by atoms with Crippen LogP contribution < -0.4 is 5.73 Å². The molecular formula is C9H8F3NO3. The van der Waals surface area contributed by atoms with Crippen molar-refractivity contribution in [2.75, 3.05) is 12.8 Å². The van der Waals surface area contributed by atoms with Crippen molar-refractivity contribution >= 4 is 11.7 Å². The van der Waals surface area contributed by atoms with Crippen LogP contribution in [-0.2, 0) is 10.9 Å². The van der Waals surface area contributed by atoms with Crippen molar-refractivity contribution in [3.8, 4) is 5.75 Å². The number of benzene rings is 1. The van der Waals surface area contributed by atoms with E-state index in [-0.39, 0.29) is 0 Å². The maximum atomic E-state index is 12.4. The molecule has 7 heteroatoms. The van der Waals surface area contributed by atoms with Gasteiger partial charge in [-0.25, -0.2) is 4.79 Å². The van der Waals surface area contributed by atoms with Crippen molar-refractivity contribution in [3.63, 3.8) is 0 Å². The molecule has 1 aromatic rings. The molecule has 0 aromatic heterocycles. The van der Waals surface area contributed by atoms with Gasteiger partial charge in [0.15, 0.2) is 5.75 Å². The number of hydrogen-bond donors (Lipinski definition) is 2. The van der Waals surface area contributed by atoms with Gasteiger partial charge in [0.05, 0.1) is 18.4 Å². The number of anilines is 1. The minimum atomic E-state index is -4.65. The first kappa shape index (κ1) is 12.2. The first-order chi connectivity index (χ1) is 7.27. The molecule has 0 bridgehead atoms. The van der Waals surface area contributed by atoms with Crippen LogP contribution in [0.4, 0.5) is 18.9 Å². The molecule has 0 saturated heterocycles. The Hall–Kier alpha value is -1.92. The maximum absolute atomic E-state index is 12.4. The van der Waals surface area contributed by atoms with E-state index in [9.17, 15) is 23.1 Å². The third-order valence-corrected chi connectivity index (χ3v) is 1.87. The Morgan fingerprint density at radius 3 is 2.44 bits per heavy atom. The number of carbonyl (C=O) groups is 1. The van der Waals surface area contributed by atoms with Crippen molar-refractivity contribution in [1.82, 2.24) is 0 Å². The third kappa shape index (κ3) is 2.18. The molecule has 0 aliphatic heterocycles. The molecule has 0 aliphatic carbocycles. The van der Waals surface area contributed by atoms with Crippen molar-refractivity contribution in [2.24, 2.45) is 0 Å². The molecule has 0 heterocycles. The molecule has 1 aromatic carbocycles. The number of phenols is 1. The number of nitrogen functional groups attached to an aromatic ring is 1. The average Bonchev–Trinajstić information content (AvgIpc) is 2.19. The fourth-order valence-corrected chi connectivity index (χ4v) is 1.09. The number of hydrogen-bond acceptors (Lipinski definition) is 4. The minimum Gasteiger partial charge on any atom is -0.505 e. The molecule has 4 nitrogen and oxygen atoms in total. The Labute approximate surface area is 88.4 Å². The van der Waals surface area contributed by atoms with Crippen LogP contribution in [0.5, 0.6) is 5.75 Å². The minimum absolute atomic E-state index is 0.484. The largest absolute Gasteiger partial charge is 0.505 e. The van der Waals surface area contributed by atoms with Crippen LogP contribution in [0, 0.1) is 0 Å². The predicted octanol–water partition coefficient (Wildman–Crippen LogP) is 1.78. The van der Waals surface area contributed by atoms with Crippen LogP contribution in [0.2, 0.25) is 0 Å². The number of carbonyl (C=O) groups excluding carboxylic acids is 1. The summed E-state index contributed by atoms with van der Waals surface area (Å²) in [7, 11) is 0.984. The predicted molar refractivity (Wildman–Crippen MR) is 48.9 cm³/mol. The van der Waals surface area contributed by atoms with Gasteiger partial charge in [0.25, 0.3) is 0 Å². The van der Waals surface area contributed by atoms with Gasteiger partial charge in [-0.3, -0.25) is 0 Å². The number of esters is 1. The quantitative estimate of drug-likeness (QED) is 0.442. The van der Waals surface area contributed by atoms with Gasteiger partial charge in [-0.05, 0) is 12.1 Å². The lowest BCUT2D eigenvalue weighted by atomic mass is 10.1. The topological polar surface area (TPSA) is 72.5 Å². The molecule has 0 fully saturated rings. The number of alkyl halides is 3. The van der Waals surface area contributed by atoms with Gasteiger partial charge in [-0.2, -0.15) is 13.2 Å². The SMILES string of the molecule is COC(=O)c1cc(C(F)(F)F)cc(N)c1O. The van der Waals surface area contributed by atoms with Crippen LogP contribution in [-0.4, -0.2) is 18.2 Å². The summed E-state index contributed by atoms with van der Waals surface area (Å²) in [5, 5.41) is 9.30. The van der Waals surface area contributed by atoms with Gasteiger partial charge in [0, 0.05) is 0 Å². The molecule has 0 atom stereocenters. The molecule has 0 spiro atoms. The van der Waals surface area contributed by atoms with Crippen LogP contribution in [0.1, 0.15) is 15.9 Å². The highest BCUT2D eigenvalue weighted by molar-refractivity contribution is 5.94. The van der Waals surface area contributed by atoms with E-state index in [1.165, 1.54) is 0 Å². The molecule has 0 amide bonds. The summed E-state index contributed by atoms with van der Waals surface area (Å²) < 4.78 is 41.3. The smallest absolute Gasteiger partial charge is 0.416 e. The third-order valence-electron chi connectivity index (χ3n) is 1.87. The van der Waals surface area contributed by atoms with Crippen LogP contribution in [0.15, 0.2) is 12.1 Å². The summed E-state index contributed by atoms with van der Waals surface area (Å²) in [6.07, 6.45) is -4.65. The molecule has 0 unspecified atom stereocenters. The molecule has 88 valence electrons. The van der Waals surface area contributed by atoms with Crippen LogP contribution >= 0.6 is 0 Å². The number of aromatic hydroxyl groups is 1. The van der Waals surface area contributed by atoms with E-state index >= 15 is 0 Å². The number of ether oxygens (including phenoxy) is 1. The van der Waals surface area contributed by atoms with Crippen molar-refractivity contribution in [1.29, 1.82) is 0 Å². The molecule has 0 radical (unpaired) electrons. The van der Waals surface area contributed by atoms with E-state index in [2.05, 4.69) is 4.74 Å². The summed E-state index contributed by atoms with van der Waals surface area (Å²) in [6, 6.07) is 1.03. The van der Waals surface area contributed by atoms with Gasteiger partial charge in [-0.15, -0.1) is 0 Å². The molecule has 0 saturated carbocycles. The Bertz CT molecular complexity index is 429. The number of halogens is 3. The fraction of sp³-hybridized carbons (Fsp3) is 0.222. The number of nitrogens with two attached hydrogens (primary N) is 1. The van der Waals surface area contributed by atoms with Gasteiger partial charge in [0.1, 0.15) is 5.56 Å². The zero-order valence-electron chi connectivity index (χ0n) is 8.13. The highest BCUT2D eigenvalue weighted by Gasteiger charge is 2.33. The van der Waals surface area contributed by atoms with Gasteiger partial charge < -0.3 is 15.6 Å². The van der Waals surface area contributed by atoms with Crippen LogP contribution in [0.25, 0.3) is 0 Å². The standard InChI is InChI=1S/C9H8F3NO3/c1-16-8(15)5-2-4(9(10,11)12)3-6(13)7(5)14/h2-3,14H,13H2,1H3. The number of methoxy groups -OCH3 is 1. The van der Waals surface area contributed by atoms with E-state index in [4.69, 9.17) is 5.73 Å². The second-order valence-corrected chi connectivity index (χ2v) is 2.95. The number of rotatable bonds is 1. The van der Waals surface area contributed by atoms with E-state index < -0.39 is 34.7 Å². The van der Waals surface area contributed by atoms with E-state index in [1.807, 2.05) is 0 Å². The highest BCUT2D eigenvalue weighted by Crippen LogP contribution is 2.36. The molecule has 1 rings (SSSR count). The van der Waals surface area contributed by atoms with Crippen molar-refractivity contribution in [2.45, 2.75) is 6.18 Å². The lowest BCUT2D eigenvalue weighted by Crippen LogP contribution is -2.10. The van der Waals surface area contributed by atoms with E-state index in [0.29, 0.717) is 12.1 Å². The van der Waals surface area contributed by atoms with Crippen molar-refractivity contribution in [3.05, 3.63) is 23.3 Å². The Morgan fingerprint density at radius 2 is 2.00 bits per heavy atom. The summed E-state index contributed by atoms with van der Waals surface area (Å²) in [6.45, 7) is 0. The zero-order chi connectivity index (χ0) is 12.5. The summed E-state index contributed by atoms with van der Waals surface area (Å²) in [4.78, 5) is 11.1. The molecule has 16 heavy (non-hydrogen) atoms. The molecule has 0 aliphatic rings. The van der Waals surface area contributed by atoms with E-state index in [1.54, 1.807) is 0 Å². The normalized spacial score (nSPS) is 11.2. The average molecular weight is 235 g/mol. The second-order valence-electron chi connectivity index (χ2n) is 2.95. The van der Waals surface area contributed by atoms with E-state index in [0.717, 1.165) is 7.11 Å². The first-order valence-corrected chi connectivity index (χ1v) is 4.05. The van der Waals surface area contributed by atoms with Gasteiger partial charge >= 0.3 is 12.1 Å². The first-order valence-electron chi connectivity index (χ1n) is 4.05. The summed E-state index contributed by atoms with van der Waals surface area (Å²) in [5.41, 5.74) is 2.88. The van der Waals surface area contributed by atoms with Gasteiger partial charge in [-0.1, -0.05) is 0 Å². The zero-order valence-corrected chi connectivity index (χ0v) is 8.13. The maximum Gasteiger partial charge on any atom is 0.416 e. The second kappa shape index (κ2) is 3.92. The lowest BCUT2D eigenvalue weighted by molar-refractivity contribution is -0.137. The monoisotopic (exact) mass is 235 g/mol. The van der Waals surface area contributed by atoms with Crippen LogP contribution in [0.3, 0.4) is 0 Å². The summed E-state index contributed by atoms with van der Waals surface area (Å²) in [5.74, 6) is -1.81. The Morgan fingerprint density at radius 1 is 1.44 bits per heavy atom. The Kier molecular flexibility index (Phi) is 2.97. The summed E-state index contributed by atoms with van der Waals surface area (Å²) >= 11 is 0. The van der Waals surface area contributed by atoms with Crippen molar-refractivity contribution < 1.29 is 27.8 Å².